The van der Waals surface area contributed by atoms with Crippen molar-refractivity contribution < 1.29 is 14.7 Å². The molecule has 26 heavy (non-hydrogen) atoms. The first-order valence-corrected chi connectivity index (χ1v) is 10.7. The van der Waals surface area contributed by atoms with Crippen LogP contribution in [0.15, 0.2) is 12.2 Å². The van der Waals surface area contributed by atoms with Crippen LogP contribution in [0, 0.1) is 39.9 Å². The summed E-state index contributed by atoms with van der Waals surface area (Å²) < 4.78 is 0. The van der Waals surface area contributed by atoms with Crippen LogP contribution in [-0.2, 0) is 9.59 Å². The van der Waals surface area contributed by atoms with Crippen LogP contribution in [0.2, 0.25) is 0 Å². The largest absolute Gasteiger partial charge is 0.396 e. The van der Waals surface area contributed by atoms with Crippen LogP contribution < -0.4 is 0 Å². The van der Waals surface area contributed by atoms with Crippen molar-refractivity contribution in [1.29, 1.82) is 0 Å². The van der Waals surface area contributed by atoms with Gasteiger partial charge in [-0.05, 0) is 72.7 Å². The van der Waals surface area contributed by atoms with Gasteiger partial charge in [0.05, 0.1) is 12.0 Å². The third kappa shape index (κ3) is 1.89. The molecule has 1 N–H and O–H groups in total. The van der Waals surface area contributed by atoms with Gasteiger partial charge in [0.15, 0.2) is 11.6 Å². The molecule has 0 saturated heterocycles. The van der Waals surface area contributed by atoms with Crippen molar-refractivity contribution in [1.82, 2.24) is 0 Å². The summed E-state index contributed by atoms with van der Waals surface area (Å²) in [4.78, 5) is 27.2. The average Bonchev–Trinajstić information content (AvgIpc) is 2.66. The molecule has 1 spiro atoms. The number of hydrogen-bond donors (Lipinski definition) is 1. The molecule has 5 saturated carbocycles. The summed E-state index contributed by atoms with van der Waals surface area (Å²) in [5.41, 5.74) is -0.0939. The minimum Gasteiger partial charge on any atom is -0.396 e. The SMILES string of the molecule is C=C1C(=O)[C@]23CC[C@H]1CC2[C@]1(CC)CCC[C@@](C)(CC)C1[C@H](CO)C3=O. The third-order valence-corrected chi connectivity index (χ3v) is 9.49. The van der Waals surface area contributed by atoms with Gasteiger partial charge in [0.1, 0.15) is 0 Å². The van der Waals surface area contributed by atoms with Gasteiger partial charge in [0.25, 0.3) is 0 Å². The molecule has 144 valence electrons. The fourth-order valence-corrected chi connectivity index (χ4v) is 8.19. The Morgan fingerprint density at radius 3 is 2.50 bits per heavy atom. The van der Waals surface area contributed by atoms with E-state index in [0.29, 0.717) is 12.0 Å². The van der Waals surface area contributed by atoms with Crippen LogP contribution in [-0.4, -0.2) is 23.3 Å². The first kappa shape index (κ1) is 18.4. The second kappa shape index (κ2) is 5.77. The molecule has 5 aliphatic rings. The zero-order valence-corrected chi connectivity index (χ0v) is 16.6. The molecular formula is C23H34O3. The number of carbonyl (C=O) groups excluding carboxylic acids is 2. The maximum Gasteiger partial charge on any atom is 0.172 e. The number of fused-ring (bicyclic) bond motifs is 3. The van der Waals surface area contributed by atoms with Crippen LogP contribution in [0.4, 0.5) is 0 Å². The predicted octanol–water partition coefficient (Wildman–Crippen LogP) is 4.33. The number of aliphatic hydroxyl groups is 1. The first-order valence-electron chi connectivity index (χ1n) is 10.7. The van der Waals surface area contributed by atoms with Gasteiger partial charge in [0, 0.05) is 5.92 Å². The van der Waals surface area contributed by atoms with Crippen molar-refractivity contribution in [3.05, 3.63) is 12.2 Å². The molecule has 0 aromatic rings. The van der Waals surface area contributed by atoms with Crippen LogP contribution in [0.3, 0.4) is 0 Å². The molecule has 5 rings (SSSR count). The maximum absolute atomic E-state index is 13.8. The molecule has 5 fully saturated rings. The highest BCUT2D eigenvalue weighted by Gasteiger charge is 2.73. The normalized spacial score (nSPS) is 50.5. The number of ketones is 2. The van der Waals surface area contributed by atoms with Crippen molar-refractivity contribution in [2.24, 2.45) is 39.9 Å². The summed E-state index contributed by atoms with van der Waals surface area (Å²) in [6.07, 6.45) is 8.01. The van der Waals surface area contributed by atoms with E-state index in [9.17, 15) is 14.7 Å². The standard InChI is InChI=1S/C23H34O3/c1-5-21(4)9-7-10-22(6-2)17-12-15-8-11-23(17,19(25)14(15)3)20(26)16(13-24)18(21)22/h15-18,24H,3,5-13H2,1-2,4H3/t15-,16-,17?,18?,21+,22-,23-/m0/s1. The lowest BCUT2D eigenvalue weighted by Crippen LogP contribution is -2.70. The van der Waals surface area contributed by atoms with Gasteiger partial charge in [-0.1, -0.05) is 40.2 Å². The van der Waals surface area contributed by atoms with Gasteiger partial charge in [-0.15, -0.1) is 0 Å². The Hall–Kier alpha value is -0.960. The highest BCUT2D eigenvalue weighted by atomic mass is 16.3. The van der Waals surface area contributed by atoms with E-state index >= 15 is 0 Å². The lowest BCUT2D eigenvalue weighted by atomic mass is 9.33. The second-order valence-electron chi connectivity index (χ2n) is 9.93. The Balaban J connectivity index is 1.94. The topological polar surface area (TPSA) is 54.4 Å². The quantitative estimate of drug-likeness (QED) is 0.603. The number of aliphatic hydroxyl groups excluding tert-OH is 1. The van der Waals surface area contributed by atoms with E-state index in [1.165, 1.54) is 6.42 Å². The molecule has 0 amide bonds. The average molecular weight is 359 g/mol. The highest BCUT2D eigenvalue weighted by molar-refractivity contribution is 6.17. The van der Waals surface area contributed by atoms with Crippen LogP contribution in [0.1, 0.15) is 72.1 Å². The maximum atomic E-state index is 13.8. The van der Waals surface area contributed by atoms with Crippen molar-refractivity contribution in [3.63, 3.8) is 0 Å². The number of hydrogen-bond acceptors (Lipinski definition) is 3. The van der Waals surface area contributed by atoms with E-state index in [0.717, 1.165) is 38.5 Å². The van der Waals surface area contributed by atoms with Gasteiger partial charge < -0.3 is 5.11 Å². The molecule has 7 atom stereocenters. The zero-order chi connectivity index (χ0) is 18.9. The summed E-state index contributed by atoms with van der Waals surface area (Å²) in [6.45, 7) is 10.8. The Morgan fingerprint density at radius 2 is 1.88 bits per heavy atom. The molecule has 0 radical (unpaired) electrons. The minimum atomic E-state index is -0.877. The molecule has 5 aliphatic carbocycles. The van der Waals surface area contributed by atoms with E-state index in [1.54, 1.807) is 0 Å². The molecule has 2 unspecified atom stereocenters. The van der Waals surface area contributed by atoms with E-state index in [4.69, 9.17) is 0 Å². The molecule has 3 heteroatoms. The van der Waals surface area contributed by atoms with Crippen LogP contribution in [0.25, 0.3) is 0 Å². The lowest BCUT2D eigenvalue weighted by molar-refractivity contribution is -0.207. The molecule has 2 bridgehead atoms. The lowest BCUT2D eigenvalue weighted by Gasteiger charge is -2.69. The van der Waals surface area contributed by atoms with Gasteiger partial charge >= 0.3 is 0 Å². The van der Waals surface area contributed by atoms with Crippen LogP contribution >= 0.6 is 0 Å². The monoisotopic (exact) mass is 358 g/mol. The first-order chi connectivity index (χ1) is 12.3. The van der Waals surface area contributed by atoms with Crippen molar-refractivity contribution in [2.75, 3.05) is 6.61 Å². The predicted molar refractivity (Wildman–Crippen MR) is 101 cm³/mol. The minimum absolute atomic E-state index is 0.0132. The Morgan fingerprint density at radius 1 is 1.15 bits per heavy atom. The molecule has 0 heterocycles. The van der Waals surface area contributed by atoms with Gasteiger partial charge in [-0.2, -0.15) is 0 Å². The van der Waals surface area contributed by atoms with Crippen molar-refractivity contribution >= 4 is 11.6 Å². The Kier molecular flexibility index (Phi) is 4.08. The van der Waals surface area contributed by atoms with Gasteiger partial charge in [-0.3, -0.25) is 9.59 Å². The summed E-state index contributed by atoms with van der Waals surface area (Å²) in [7, 11) is 0. The Bertz CT molecular complexity index is 666. The molecule has 3 nitrogen and oxygen atoms in total. The zero-order valence-electron chi connectivity index (χ0n) is 16.6. The number of allylic oxidation sites excluding steroid dienone is 1. The highest BCUT2D eigenvalue weighted by Crippen LogP contribution is 2.72. The van der Waals surface area contributed by atoms with E-state index in [1.807, 2.05) is 0 Å². The smallest absolute Gasteiger partial charge is 0.172 e. The summed E-state index contributed by atoms with van der Waals surface area (Å²) in [6, 6.07) is 0. The molecule has 0 aromatic heterocycles. The summed E-state index contributed by atoms with van der Waals surface area (Å²) in [5, 5.41) is 10.3. The molecular weight excluding hydrogens is 324 g/mol. The molecule has 0 aliphatic heterocycles. The van der Waals surface area contributed by atoms with Crippen molar-refractivity contribution in [2.45, 2.75) is 72.1 Å². The summed E-state index contributed by atoms with van der Waals surface area (Å²) in [5.74, 6) is 0.332. The fraction of sp³-hybridized carbons (Fsp3) is 0.826. The Labute approximate surface area is 157 Å². The van der Waals surface area contributed by atoms with E-state index in [2.05, 4.69) is 27.4 Å². The van der Waals surface area contributed by atoms with E-state index < -0.39 is 5.41 Å². The molecule has 0 aromatic carbocycles. The number of carbonyl (C=O) groups is 2. The van der Waals surface area contributed by atoms with E-state index in [-0.39, 0.29) is 52.7 Å². The second-order valence-corrected chi connectivity index (χ2v) is 9.93. The van der Waals surface area contributed by atoms with Crippen LogP contribution in [0.5, 0.6) is 0 Å². The number of rotatable bonds is 3. The van der Waals surface area contributed by atoms with Gasteiger partial charge in [-0.25, -0.2) is 0 Å². The van der Waals surface area contributed by atoms with Crippen molar-refractivity contribution in [3.8, 4) is 0 Å². The van der Waals surface area contributed by atoms with Gasteiger partial charge in [0.2, 0.25) is 0 Å². The fourth-order valence-electron chi connectivity index (χ4n) is 8.19. The summed E-state index contributed by atoms with van der Waals surface area (Å²) >= 11 is 0. The third-order valence-electron chi connectivity index (χ3n) is 9.49. The number of Topliss-reactive ketones (excluding diaryl/α,β-unsaturated/α-hetero) is 2.